The van der Waals surface area contributed by atoms with Gasteiger partial charge in [0.2, 0.25) is 0 Å². The van der Waals surface area contributed by atoms with Crippen LogP contribution in [0.1, 0.15) is 19.8 Å². The summed E-state index contributed by atoms with van der Waals surface area (Å²) in [5.41, 5.74) is 7.78. The summed E-state index contributed by atoms with van der Waals surface area (Å²) < 4.78 is 37.2. The Kier molecular flexibility index (Phi) is 5.10. The first-order chi connectivity index (χ1) is 6.73. The van der Waals surface area contributed by atoms with Crippen molar-refractivity contribution >= 4 is 0 Å². The summed E-state index contributed by atoms with van der Waals surface area (Å²) in [7, 11) is 0. The van der Waals surface area contributed by atoms with Gasteiger partial charge in [-0.15, -0.1) is 0 Å². The van der Waals surface area contributed by atoms with Gasteiger partial charge in [0.15, 0.2) is 0 Å². The molecule has 1 atom stereocenters. The van der Waals surface area contributed by atoms with Crippen LogP contribution in [-0.4, -0.2) is 24.8 Å². The summed E-state index contributed by atoms with van der Waals surface area (Å²) >= 11 is 0. The van der Waals surface area contributed by atoms with Gasteiger partial charge in [-0.05, 0) is 26.3 Å². The quantitative estimate of drug-likeness (QED) is 0.593. The molecule has 0 aliphatic carbocycles. The van der Waals surface area contributed by atoms with E-state index >= 15 is 0 Å². The van der Waals surface area contributed by atoms with Crippen LogP contribution in [0.4, 0.5) is 13.2 Å². The Morgan fingerprint density at radius 1 is 1.33 bits per heavy atom. The fraction of sp³-hybridized carbons (Fsp3) is 0.778. The topological polar surface area (TPSA) is 64.1 Å². The maximum atomic E-state index is 12.4. The molecule has 0 heterocycles. The Morgan fingerprint density at radius 3 is 2.27 bits per heavy atom. The van der Waals surface area contributed by atoms with Crippen molar-refractivity contribution in [3.05, 3.63) is 12.3 Å². The highest BCUT2D eigenvalue weighted by Gasteiger charge is 2.50. The van der Waals surface area contributed by atoms with Crippen molar-refractivity contribution in [2.75, 3.05) is 13.1 Å². The zero-order valence-electron chi connectivity index (χ0n) is 8.82. The molecule has 0 spiro atoms. The van der Waals surface area contributed by atoms with Crippen LogP contribution >= 0.6 is 0 Å². The van der Waals surface area contributed by atoms with Crippen molar-refractivity contribution in [3.8, 4) is 0 Å². The minimum atomic E-state index is -4.50. The number of hydrogen-bond donors (Lipinski definition) is 3. The zero-order valence-corrected chi connectivity index (χ0v) is 8.82. The van der Waals surface area contributed by atoms with Crippen LogP contribution in [0.2, 0.25) is 0 Å². The second kappa shape index (κ2) is 5.37. The van der Waals surface area contributed by atoms with E-state index in [0.717, 1.165) is 13.3 Å². The average Bonchev–Trinajstić information content (AvgIpc) is 2.10. The molecule has 0 aliphatic heterocycles. The maximum absolute atomic E-state index is 12.4. The molecule has 0 saturated heterocycles. The molecule has 0 radical (unpaired) electrons. The lowest BCUT2D eigenvalue weighted by Gasteiger charge is -2.30. The number of rotatable bonds is 6. The largest absolute Gasteiger partial charge is 0.411 e. The number of alkyl halides is 3. The zero-order chi connectivity index (χ0) is 12.1. The summed E-state index contributed by atoms with van der Waals surface area (Å²) in [6, 6.07) is 0. The molecule has 3 nitrogen and oxygen atoms in total. The molecule has 5 N–H and O–H groups in total. The molecule has 0 rings (SSSR count). The van der Waals surface area contributed by atoms with E-state index in [4.69, 9.17) is 11.5 Å². The molecule has 15 heavy (non-hydrogen) atoms. The summed E-state index contributed by atoms with van der Waals surface area (Å²) in [5.74, 6) is 0. The number of halogens is 3. The second-order valence-corrected chi connectivity index (χ2v) is 3.60. The molecular formula is C9H18F3N3. The van der Waals surface area contributed by atoms with Gasteiger partial charge in [0.1, 0.15) is 5.54 Å². The highest BCUT2D eigenvalue weighted by molar-refractivity contribution is 5.15. The van der Waals surface area contributed by atoms with E-state index in [1.165, 1.54) is 0 Å². The van der Waals surface area contributed by atoms with Gasteiger partial charge in [-0.2, -0.15) is 13.2 Å². The second-order valence-electron chi connectivity index (χ2n) is 3.60. The van der Waals surface area contributed by atoms with E-state index in [-0.39, 0.29) is 5.70 Å². The molecule has 1 unspecified atom stereocenters. The van der Waals surface area contributed by atoms with Gasteiger partial charge >= 0.3 is 6.18 Å². The van der Waals surface area contributed by atoms with Gasteiger partial charge in [-0.3, -0.25) is 0 Å². The molecule has 0 aliphatic rings. The highest BCUT2D eigenvalue weighted by Crippen LogP contribution is 2.31. The Balaban J connectivity index is 4.10. The molecule has 0 fully saturated rings. The molecule has 0 amide bonds. The number of nitrogens with two attached hydrogens (primary N) is 2. The predicted molar refractivity (Wildman–Crippen MR) is 54.1 cm³/mol. The van der Waals surface area contributed by atoms with E-state index in [0.29, 0.717) is 19.5 Å². The molecule has 0 aromatic rings. The first-order valence-electron chi connectivity index (χ1n) is 4.72. The molecule has 90 valence electrons. The van der Waals surface area contributed by atoms with Crippen molar-refractivity contribution in [1.82, 2.24) is 5.32 Å². The third-order valence-electron chi connectivity index (χ3n) is 2.19. The smallest absolute Gasteiger partial charge is 0.387 e. The molecular weight excluding hydrogens is 207 g/mol. The molecule has 0 saturated carbocycles. The van der Waals surface area contributed by atoms with E-state index in [2.05, 4.69) is 11.9 Å². The number of nitrogens with one attached hydrogen (secondary N) is 1. The Labute approximate surface area is 87.7 Å². The monoisotopic (exact) mass is 225 g/mol. The third-order valence-corrected chi connectivity index (χ3v) is 2.19. The van der Waals surface area contributed by atoms with Crippen LogP contribution in [-0.2, 0) is 0 Å². The number of unbranched alkanes of at least 4 members (excludes halogenated alkanes) is 1. The SMILES string of the molecule is C=C(NCCCCN)C(C)(N)C(F)(F)F. The van der Waals surface area contributed by atoms with Crippen LogP contribution < -0.4 is 16.8 Å². The normalized spacial score (nSPS) is 15.9. The van der Waals surface area contributed by atoms with Gasteiger partial charge in [0.05, 0.1) is 0 Å². The van der Waals surface area contributed by atoms with Crippen molar-refractivity contribution < 1.29 is 13.2 Å². The van der Waals surface area contributed by atoms with E-state index < -0.39 is 11.7 Å². The summed E-state index contributed by atoms with van der Waals surface area (Å²) in [5, 5.41) is 2.57. The first-order valence-corrected chi connectivity index (χ1v) is 4.72. The van der Waals surface area contributed by atoms with E-state index in [1.807, 2.05) is 0 Å². The predicted octanol–water partition coefficient (Wildman–Crippen LogP) is 1.11. The average molecular weight is 225 g/mol. The highest BCUT2D eigenvalue weighted by atomic mass is 19.4. The summed E-state index contributed by atoms with van der Waals surface area (Å²) in [6.45, 7) is 5.12. The molecule has 0 aromatic carbocycles. The van der Waals surface area contributed by atoms with Crippen LogP contribution in [0.3, 0.4) is 0 Å². The molecule has 0 aromatic heterocycles. The molecule has 0 bridgehead atoms. The lowest BCUT2D eigenvalue weighted by molar-refractivity contribution is -0.170. The summed E-state index contributed by atoms with van der Waals surface area (Å²) in [6.07, 6.45) is -3.04. The fourth-order valence-electron chi connectivity index (χ4n) is 0.863. The fourth-order valence-corrected chi connectivity index (χ4v) is 0.863. The Morgan fingerprint density at radius 2 is 1.87 bits per heavy atom. The van der Waals surface area contributed by atoms with Gasteiger partial charge in [0, 0.05) is 12.2 Å². The van der Waals surface area contributed by atoms with Gasteiger partial charge < -0.3 is 16.8 Å². The van der Waals surface area contributed by atoms with Crippen LogP contribution in [0.15, 0.2) is 12.3 Å². The van der Waals surface area contributed by atoms with Gasteiger partial charge in [-0.25, -0.2) is 0 Å². The van der Waals surface area contributed by atoms with E-state index in [9.17, 15) is 13.2 Å². The minimum Gasteiger partial charge on any atom is -0.387 e. The lowest BCUT2D eigenvalue weighted by Crippen LogP contribution is -2.55. The van der Waals surface area contributed by atoms with E-state index in [1.54, 1.807) is 0 Å². The Bertz CT molecular complexity index is 211. The lowest BCUT2D eigenvalue weighted by atomic mass is 9.99. The molecule has 6 heteroatoms. The first kappa shape index (κ1) is 14.2. The van der Waals surface area contributed by atoms with Crippen LogP contribution in [0.25, 0.3) is 0 Å². The van der Waals surface area contributed by atoms with Gasteiger partial charge in [-0.1, -0.05) is 6.58 Å². The maximum Gasteiger partial charge on any atom is 0.411 e. The Hall–Kier alpha value is -0.750. The van der Waals surface area contributed by atoms with Crippen LogP contribution in [0, 0.1) is 0 Å². The summed E-state index contributed by atoms with van der Waals surface area (Å²) in [4.78, 5) is 0. The van der Waals surface area contributed by atoms with Crippen molar-refractivity contribution in [1.29, 1.82) is 0 Å². The standard InChI is InChI=1S/C9H18F3N3/c1-7(15-6-4-3-5-13)8(2,14)9(10,11)12/h15H,1,3-6,13-14H2,2H3. The van der Waals surface area contributed by atoms with Crippen LogP contribution in [0.5, 0.6) is 0 Å². The van der Waals surface area contributed by atoms with Crippen molar-refractivity contribution in [2.45, 2.75) is 31.5 Å². The number of hydrogen-bond acceptors (Lipinski definition) is 3. The van der Waals surface area contributed by atoms with Gasteiger partial charge in [0.25, 0.3) is 0 Å². The third kappa shape index (κ3) is 4.09. The van der Waals surface area contributed by atoms with Crippen molar-refractivity contribution in [3.63, 3.8) is 0 Å². The van der Waals surface area contributed by atoms with Crippen molar-refractivity contribution in [2.24, 2.45) is 11.5 Å². The minimum absolute atomic E-state index is 0.216.